The van der Waals surface area contributed by atoms with Gasteiger partial charge >= 0.3 is 0 Å². The molecule has 3 nitrogen and oxygen atoms in total. The molecule has 0 rings (SSSR count). The summed E-state index contributed by atoms with van der Waals surface area (Å²) in [6.07, 6.45) is 1.26. The van der Waals surface area contributed by atoms with Crippen LogP contribution in [0.15, 0.2) is 12.7 Å². The molecule has 0 aromatic carbocycles. The number of carbonyl (C=O) groups excluding carboxylic acids is 2. The summed E-state index contributed by atoms with van der Waals surface area (Å²) in [4.78, 5) is 20.2. The van der Waals surface area contributed by atoms with Gasteiger partial charge in [-0.3, -0.25) is 4.79 Å². The van der Waals surface area contributed by atoms with Gasteiger partial charge in [-0.25, -0.2) is 0 Å². The van der Waals surface area contributed by atoms with Crippen LogP contribution in [0, 0.1) is 17.2 Å². The van der Waals surface area contributed by atoms with E-state index in [0.29, 0.717) is 6.29 Å². The zero-order valence-corrected chi connectivity index (χ0v) is 4.70. The molecule has 0 saturated carbocycles. The molecule has 1 atom stereocenters. The van der Waals surface area contributed by atoms with E-state index in [9.17, 15) is 9.59 Å². The lowest BCUT2D eigenvalue weighted by atomic mass is 10.1. The number of nitrogens with zero attached hydrogens (tertiary/aromatic N) is 1. The van der Waals surface area contributed by atoms with Gasteiger partial charge in [0.1, 0.15) is 6.29 Å². The van der Waals surface area contributed by atoms with Crippen LogP contribution in [0.4, 0.5) is 0 Å². The Morgan fingerprint density at radius 3 is 2.44 bits per heavy atom. The van der Waals surface area contributed by atoms with Crippen molar-refractivity contribution in [2.75, 3.05) is 0 Å². The van der Waals surface area contributed by atoms with Gasteiger partial charge < -0.3 is 4.79 Å². The van der Waals surface area contributed by atoms with Gasteiger partial charge in [0.15, 0.2) is 11.7 Å². The van der Waals surface area contributed by atoms with Crippen molar-refractivity contribution in [2.24, 2.45) is 5.92 Å². The first-order chi connectivity index (χ1) is 4.26. The topological polar surface area (TPSA) is 57.9 Å². The first-order valence-electron chi connectivity index (χ1n) is 2.27. The highest BCUT2D eigenvalue weighted by atomic mass is 16.1. The number of carbonyl (C=O) groups is 2. The summed E-state index contributed by atoms with van der Waals surface area (Å²) in [7, 11) is 0. The van der Waals surface area contributed by atoms with Gasteiger partial charge in [-0.15, -0.1) is 0 Å². The van der Waals surface area contributed by atoms with Crippen LogP contribution in [0.3, 0.4) is 0 Å². The van der Waals surface area contributed by atoms with Gasteiger partial charge in [0.2, 0.25) is 0 Å². The molecule has 0 N–H and O–H groups in total. The molecular weight excluding hydrogens is 118 g/mol. The lowest BCUT2D eigenvalue weighted by molar-refractivity contribution is -0.121. The monoisotopic (exact) mass is 123 g/mol. The van der Waals surface area contributed by atoms with Crippen molar-refractivity contribution >= 4 is 12.1 Å². The predicted molar refractivity (Wildman–Crippen MR) is 30.4 cm³/mol. The second-order valence-corrected chi connectivity index (χ2v) is 1.35. The average Bonchev–Trinajstić information content (AvgIpc) is 1.90. The smallest absolute Gasteiger partial charge is 0.179 e. The molecule has 0 heterocycles. The molecule has 0 aliphatic heterocycles. The number of hydrogen-bond acceptors (Lipinski definition) is 3. The highest BCUT2D eigenvalue weighted by molar-refractivity contribution is 6.02. The van der Waals surface area contributed by atoms with Crippen molar-refractivity contribution in [1.82, 2.24) is 0 Å². The quantitative estimate of drug-likeness (QED) is 0.303. The van der Waals surface area contributed by atoms with Crippen molar-refractivity contribution in [3.8, 4) is 6.07 Å². The number of allylic oxidation sites excluding steroid dienone is 1. The molecule has 0 spiro atoms. The predicted octanol–water partition coefficient (Wildman–Crippen LogP) is 0.0802. The van der Waals surface area contributed by atoms with Crippen LogP contribution >= 0.6 is 0 Å². The highest BCUT2D eigenvalue weighted by Gasteiger charge is 2.11. The van der Waals surface area contributed by atoms with Crippen LogP contribution in [0.5, 0.6) is 0 Å². The van der Waals surface area contributed by atoms with E-state index in [4.69, 9.17) is 5.26 Å². The molecular formula is C6H5NO2. The maximum atomic E-state index is 10.4. The van der Waals surface area contributed by atoms with Gasteiger partial charge in [-0.05, 0) is 6.08 Å². The van der Waals surface area contributed by atoms with Crippen LogP contribution in [0.25, 0.3) is 0 Å². The van der Waals surface area contributed by atoms with E-state index in [0.717, 1.165) is 6.08 Å². The Bertz CT molecular complexity index is 178. The average molecular weight is 123 g/mol. The minimum atomic E-state index is -1.16. The van der Waals surface area contributed by atoms with Crippen LogP contribution in [-0.4, -0.2) is 12.1 Å². The van der Waals surface area contributed by atoms with E-state index in [1.165, 1.54) is 6.07 Å². The third-order valence-electron chi connectivity index (χ3n) is 0.783. The standard InChI is InChI=1S/C6H5NO2/c1-2-6(9)5(3-7)4-8/h2,4-5H,1H2. The SMILES string of the molecule is C=CC(=O)C(C#N)C=O. The third kappa shape index (κ3) is 1.87. The number of ketones is 1. The largest absolute Gasteiger partial charge is 0.301 e. The van der Waals surface area contributed by atoms with Crippen LogP contribution in [-0.2, 0) is 9.59 Å². The Hall–Kier alpha value is -1.43. The third-order valence-corrected chi connectivity index (χ3v) is 0.783. The Balaban J connectivity index is 4.15. The molecule has 0 fully saturated rings. The van der Waals surface area contributed by atoms with Gasteiger partial charge in [0, 0.05) is 0 Å². The zero-order chi connectivity index (χ0) is 7.28. The number of aldehydes is 1. The van der Waals surface area contributed by atoms with Gasteiger partial charge in [-0.1, -0.05) is 6.58 Å². The summed E-state index contributed by atoms with van der Waals surface area (Å²) >= 11 is 0. The normalized spacial score (nSPS) is 11.0. The van der Waals surface area contributed by atoms with Gasteiger partial charge in [-0.2, -0.15) is 5.26 Å². The molecule has 0 aromatic rings. The fraction of sp³-hybridized carbons (Fsp3) is 0.167. The van der Waals surface area contributed by atoms with Crippen LogP contribution in [0.1, 0.15) is 0 Å². The number of rotatable bonds is 3. The van der Waals surface area contributed by atoms with Crippen molar-refractivity contribution in [2.45, 2.75) is 0 Å². The molecule has 0 bridgehead atoms. The Morgan fingerprint density at radius 1 is 1.78 bits per heavy atom. The van der Waals surface area contributed by atoms with E-state index in [1.807, 2.05) is 0 Å². The first-order valence-corrected chi connectivity index (χ1v) is 2.27. The van der Waals surface area contributed by atoms with Crippen LogP contribution < -0.4 is 0 Å². The molecule has 0 aromatic heterocycles. The van der Waals surface area contributed by atoms with Gasteiger partial charge in [0.05, 0.1) is 6.07 Å². The van der Waals surface area contributed by atoms with Crippen LogP contribution in [0.2, 0.25) is 0 Å². The molecule has 0 radical (unpaired) electrons. The molecule has 1 unspecified atom stereocenters. The summed E-state index contributed by atoms with van der Waals surface area (Å²) in [5, 5.41) is 8.08. The van der Waals surface area contributed by atoms with Crippen molar-refractivity contribution in [1.29, 1.82) is 5.26 Å². The first kappa shape index (κ1) is 7.57. The highest BCUT2D eigenvalue weighted by Crippen LogP contribution is 1.90. The van der Waals surface area contributed by atoms with E-state index in [2.05, 4.69) is 6.58 Å². The molecule has 0 saturated heterocycles. The zero-order valence-electron chi connectivity index (χ0n) is 4.70. The Labute approximate surface area is 52.6 Å². The Kier molecular flexibility index (Phi) is 2.99. The molecule has 46 valence electrons. The Morgan fingerprint density at radius 2 is 2.33 bits per heavy atom. The minimum Gasteiger partial charge on any atom is -0.301 e. The molecule has 0 amide bonds. The van der Waals surface area contributed by atoms with E-state index >= 15 is 0 Å². The van der Waals surface area contributed by atoms with Crippen molar-refractivity contribution in [3.05, 3.63) is 12.7 Å². The molecule has 0 aliphatic rings. The van der Waals surface area contributed by atoms with Crippen molar-refractivity contribution < 1.29 is 9.59 Å². The van der Waals surface area contributed by atoms with E-state index in [-0.39, 0.29) is 0 Å². The lowest BCUT2D eigenvalue weighted by Crippen LogP contribution is -2.09. The minimum absolute atomic E-state index is 0.296. The second-order valence-electron chi connectivity index (χ2n) is 1.35. The van der Waals surface area contributed by atoms with Gasteiger partial charge in [0.25, 0.3) is 0 Å². The summed E-state index contributed by atoms with van der Waals surface area (Å²) in [5.41, 5.74) is 0. The summed E-state index contributed by atoms with van der Waals surface area (Å²) in [6.45, 7) is 3.12. The summed E-state index contributed by atoms with van der Waals surface area (Å²) in [5.74, 6) is -1.71. The number of hydrogen-bond donors (Lipinski definition) is 0. The summed E-state index contributed by atoms with van der Waals surface area (Å²) < 4.78 is 0. The second kappa shape index (κ2) is 3.56. The lowest BCUT2D eigenvalue weighted by Gasteiger charge is -1.88. The maximum Gasteiger partial charge on any atom is 0.179 e. The fourth-order valence-electron chi connectivity index (χ4n) is 0.288. The van der Waals surface area contributed by atoms with E-state index < -0.39 is 11.7 Å². The fourth-order valence-corrected chi connectivity index (χ4v) is 0.288. The molecule has 3 heteroatoms. The number of nitriles is 1. The van der Waals surface area contributed by atoms with Crippen molar-refractivity contribution in [3.63, 3.8) is 0 Å². The molecule has 0 aliphatic carbocycles. The maximum absolute atomic E-state index is 10.4. The molecule has 9 heavy (non-hydrogen) atoms. The summed E-state index contributed by atoms with van der Waals surface area (Å²) in [6, 6.07) is 1.51. The van der Waals surface area contributed by atoms with E-state index in [1.54, 1.807) is 0 Å².